The Hall–Kier alpha value is -4.23. The molecule has 1 aliphatic rings. The van der Waals surface area contributed by atoms with Gasteiger partial charge in [-0.3, -0.25) is 9.63 Å². The second kappa shape index (κ2) is 38.8. The molecule has 2 aromatic rings. The summed E-state index contributed by atoms with van der Waals surface area (Å²) in [5.41, 5.74) is 9.77. The SMILES string of the molecule is CCCN(OCCNC(=O)OCCOCCOCCOCCOCCOCCOCCOCCOCCOCCOCCNCC)C(=O)C1=Cc2ccc(-c3cncnc3)cc2N=C(N)C1. The number of rotatable bonds is 42. The van der Waals surface area contributed by atoms with Crippen LogP contribution in [0.15, 0.2) is 47.5 Å². The average Bonchev–Trinajstić information content (AvgIpc) is 3.50. The average molecular weight is 936 g/mol. The Morgan fingerprint density at radius 1 is 0.621 bits per heavy atom. The molecule has 4 N–H and O–H groups in total. The van der Waals surface area contributed by atoms with Crippen LogP contribution >= 0.6 is 0 Å². The number of hydrogen-bond donors (Lipinski definition) is 3. The van der Waals surface area contributed by atoms with Crippen molar-refractivity contribution < 1.29 is 66.5 Å². The van der Waals surface area contributed by atoms with Crippen LogP contribution in [0.4, 0.5) is 10.5 Å². The van der Waals surface area contributed by atoms with E-state index in [9.17, 15) is 9.59 Å². The van der Waals surface area contributed by atoms with Gasteiger partial charge < -0.3 is 68.5 Å². The first-order valence-corrected chi connectivity index (χ1v) is 22.8. The van der Waals surface area contributed by atoms with Crippen molar-refractivity contribution in [1.82, 2.24) is 25.7 Å². The molecule has 0 aliphatic carbocycles. The Kier molecular flexibility index (Phi) is 33.0. The van der Waals surface area contributed by atoms with E-state index in [2.05, 4.69) is 32.5 Å². The molecule has 0 radical (unpaired) electrons. The van der Waals surface area contributed by atoms with Gasteiger partial charge in [0.2, 0.25) is 0 Å². The van der Waals surface area contributed by atoms with E-state index in [0.29, 0.717) is 156 Å². The monoisotopic (exact) mass is 936 g/mol. The molecule has 3 rings (SSSR count). The van der Waals surface area contributed by atoms with Crippen molar-refractivity contribution >= 4 is 29.6 Å². The minimum absolute atomic E-state index is 0.0521. The molecule has 1 aliphatic heterocycles. The van der Waals surface area contributed by atoms with Gasteiger partial charge in [-0.2, -0.15) is 0 Å². The molecule has 2 amide bonds. The van der Waals surface area contributed by atoms with Crippen LogP contribution in [0.5, 0.6) is 0 Å². The molecule has 0 atom stereocenters. The summed E-state index contributed by atoms with van der Waals surface area (Å²) in [4.78, 5) is 44.1. The summed E-state index contributed by atoms with van der Waals surface area (Å²) < 4.78 is 59.9. The van der Waals surface area contributed by atoms with Gasteiger partial charge in [0.15, 0.2) is 0 Å². The van der Waals surface area contributed by atoms with E-state index >= 15 is 0 Å². The molecule has 21 heteroatoms. The number of hydroxylamine groups is 2. The van der Waals surface area contributed by atoms with Crippen LogP contribution in [0.2, 0.25) is 0 Å². The van der Waals surface area contributed by atoms with Crippen molar-refractivity contribution in [2.45, 2.75) is 26.7 Å². The summed E-state index contributed by atoms with van der Waals surface area (Å²) in [6.45, 7) is 15.9. The lowest BCUT2D eigenvalue weighted by Crippen LogP contribution is -2.37. The summed E-state index contributed by atoms with van der Waals surface area (Å²) in [6, 6.07) is 5.69. The molecule has 2 heterocycles. The van der Waals surface area contributed by atoms with Crippen molar-refractivity contribution in [1.29, 1.82) is 0 Å². The zero-order valence-electron chi connectivity index (χ0n) is 38.9. The van der Waals surface area contributed by atoms with Crippen LogP contribution < -0.4 is 16.4 Å². The summed E-state index contributed by atoms with van der Waals surface area (Å²) in [5.74, 6) is -0.0262. The number of alkyl carbamates (subject to hydrolysis) is 1. The quantitative estimate of drug-likeness (QED) is 0.0641. The van der Waals surface area contributed by atoms with Crippen LogP contribution in [0.1, 0.15) is 32.3 Å². The number of aromatic nitrogens is 2. The van der Waals surface area contributed by atoms with Gasteiger partial charge in [-0.25, -0.2) is 24.8 Å². The zero-order chi connectivity index (χ0) is 47.0. The first kappa shape index (κ1) is 56.1. The Morgan fingerprint density at radius 2 is 1.11 bits per heavy atom. The maximum absolute atomic E-state index is 13.5. The van der Waals surface area contributed by atoms with E-state index in [4.69, 9.17) is 62.7 Å². The van der Waals surface area contributed by atoms with Gasteiger partial charge in [0.1, 0.15) is 18.8 Å². The summed E-state index contributed by atoms with van der Waals surface area (Å²) in [7, 11) is 0. The third-order valence-corrected chi connectivity index (χ3v) is 8.92. The fraction of sp³-hybridized carbons (Fsp3) is 0.667. The number of benzene rings is 1. The highest BCUT2D eigenvalue weighted by Crippen LogP contribution is 2.31. The number of nitrogens with zero attached hydrogens (tertiary/aromatic N) is 4. The minimum atomic E-state index is -0.623. The fourth-order valence-corrected chi connectivity index (χ4v) is 5.70. The standard InChI is InChI=1S/C45H73N7O14/c1-3-9-52(44(53)40-32-39-6-5-38(41-35-48-37-49-36-41)33-42(39)51-43(46)34-40)66-11-8-50-45(54)65-31-30-64-29-28-63-27-26-62-25-24-61-23-22-60-21-20-59-19-18-58-17-16-57-15-14-56-13-12-55-10-7-47-4-2/h5-6,32-33,35-37,47H,3-4,7-31,34H2,1-2H3,(H2,46,51)(H,50,54). The van der Waals surface area contributed by atoms with Crippen molar-refractivity contribution in [2.75, 3.05) is 172 Å². The normalized spacial score (nSPS) is 12.3. The van der Waals surface area contributed by atoms with Crippen molar-refractivity contribution in [3.05, 3.63) is 48.1 Å². The third kappa shape index (κ3) is 27.4. The maximum Gasteiger partial charge on any atom is 0.407 e. The summed E-state index contributed by atoms with van der Waals surface area (Å²) in [5, 5.41) is 7.09. The van der Waals surface area contributed by atoms with Gasteiger partial charge in [0, 0.05) is 55.1 Å². The predicted octanol–water partition coefficient (Wildman–Crippen LogP) is 2.59. The van der Waals surface area contributed by atoms with Gasteiger partial charge in [-0.15, -0.1) is 0 Å². The number of hydrogen-bond acceptors (Lipinski definition) is 19. The van der Waals surface area contributed by atoms with Crippen molar-refractivity contribution in [3.8, 4) is 11.1 Å². The number of amides is 2. The number of aliphatic imine (C=N–C) groups is 1. The van der Waals surface area contributed by atoms with Crippen LogP contribution in [0, 0.1) is 0 Å². The van der Waals surface area contributed by atoms with Gasteiger partial charge in [0.25, 0.3) is 5.91 Å². The minimum Gasteiger partial charge on any atom is -0.447 e. The molecular formula is C45H73N7O14. The molecule has 1 aromatic heterocycles. The number of carbonyl (C=O) groups excluding carboxylic acids is 2. The topological polar surface area (TPSA) is 236 Å². The highest BCUT2D eigenvalue weighted by molar-refractivity contribution is 6.05. The molecule has 0 unspecified atom stereocenters. The molecule has 0 spiro atoms. The predicted molar refractivity (Wildman–Crippen MR) is 245 cm³/mol. The molecule has 1 aromatic carbocycles. The second-order valence-corrected chi connectivity index (χ2v) is 14.1. The van der Waals surface area contributed by atoms with E-state index in [1.165, 1.54) is 11.4 Å². The summed E-state index contributed by atoms with van der Waals surface area (Å²) >= 11 is 0. The number of fused-ring (bicyclic) bond motifs is 1. The Balaban J connectivity index is 1.04. The number of carbonyl (C=O) groups is 2. The molecule has 372 valence electrons. The summed E-state index contributed by atoms with van der Waals surface area (Å²) in [6.07, 6.45) is 6.87. The second-order valence-electron chi connectivity index (χ2n) is 14.1. The molecule has 0 saturated heterocycles. The van der Waals surface area contributed by atoms with E-state index in [1.54, 1.807) is 18.5 Å². The Morgan fingerprint density at radius 3 is 1.59 bits per heavy atom. The molecule has 0 bridgehead atoms. The molecule has 21 nitrogen and oxygen atoms in total. The number of amidine groups is 1. The smallest absolute Gasteiger partial charge is 0.407 e. The molecule has 66 heavy (non-hydrogen) atoms. The van der Waals surface area contributed by atoms with Crippen LogP contribution in [-0.4, -0.2) is 204 Å². The highest BCUT2D eigenvalue weighted by atomic mass is 16.7. The lowest BCUT2D eigenvalue weighted by molar-refractivity contribution is -0.181. The van der Waals surface area contributed by atoms with Crippen LogP contribution in [0.3, 0.4) is 0 Å². The van der Waals surface area contributed by atoms with E-state index in [1.807, 2.05) is 25.1 Å². The number of nitrogens with two attached hydrogens (primary N) is 1. The van der Waals surface area contributed by atoms with Crippen molar-refractivity contribution in [3.63, 3.8) is 0 Å². The molecule has 0 fully saturated rings. The van der Waals surface area contributed by atoms with Crippen LogP contribution in [0.25, 0.3) is 17.2 Å². The molecule has 0 saturated carbocycles. The van der Waals surface area contributed by atoms with Gasteiger partial charge in [-0.05, 0) is 30.7 Å². The van der Waals surface area contributed by atoms with Gasteiger partial charge in [0.05, 0.1) is 144 Å². The Labute approximate surface area is 389 Å². The van der Waals surface area contributed by atoms with Crippen molar-refractivity contribution in [2.24, 2.45) is 10.7 Å². The number of likely N-dealkylation sites (N-methyl/N-ethyl adjacent to an activating group) is 1. The highest BCUT2D eigenvalue weighted by Gasteiger charge is 2.22. The first-order valence-electron chi connectivity index (χ1n) is 22.8. The van der Waals surface area contributed by atoms with Gasteiger partial charge in [-0.1, -0.05) is 26.0 Å². The third-order valence-electron chi connectivity index (χ3n) is 8.92. The zero-order valence-corrected chi connectivity index (χ0v) is 38.9. The van der Waals surface area contributed by atoms with E-state index in [0.717, 1.165) is 29.8 Å². The fourth-order valence-electron chi connectivity index (χ4n) is 5.70. The lowest BCUT2D eigenvalue weighted by atomic mass is 10.0. The first-order chi connectivity index (χ1) is 32.5. The number of nitrogens with one attached hydrogen (secondary N) is 2. The number of ether oxygens (including phenoxy) is 11. The Bertz CT molecular complexity index is 1610. The molecular weight excluding hydrogens is 863 g/mol. The van der Waals surface area contributed by atoms with E-state index in [-0.39, 0.29) is 38.7 Å². The largest absolute Gasteiger partial charge is 0.447 e. The van der Waals surface area contributed by atoms with Gasteiger partial charge >= 0.3 is 6.09 Å². The van der Waals surface area contributed by atoms with E-state index < -0.39 is 6.09 Å². The maximum atomic E-state index is 13.5. The van der Waals surface area contributed by atoms with Crippen LogP contribution in [-0.2, 0) is 61.7 Å². The lowest BCUT2D eigenvalue weighted by Gasteiger charge is -2.22.